The van der Waals surface area contributed by atoms with E-state index in [4.69, 9.17) is 23.8 Å². The molecule has 0 saturated heterocycles. The van der Waals surface area contributed by atoms with Crippen molar-refractivity contribution in [3.05, 3.63) is 45.6 Å². The minimum Gasteiger partial charge on any atom is -0.331 e. The number of aromatic nitrogens is 4. The number of benzene rings is 1. The number of rotatable bonds is 3. The zero-order valence-corrected chi connectivity index (χ0v) is 13.2. The maximum Gasteiger partial charge on any atom is 0.216 e. The zero-order valence-electron chi connectivity index (χ0n) is 11.7. The van der Waals surface area contributed by atoms with Gasteiger partial charge in [-0.2, -0.15) is 14.9 Å². The molecular weight excluding hydrogens is 306 g/mol. The Balaban J connectivity index is 2.17. The number of fused-ring (bicyclic) bond motifs is 1. The second-order valence-electron chi connectivity index (χ2n) is 4.60. The highest BCUT2D eigenvalue weighted by molar-refractivity contribution is 7.71. The SMILES string of the molecule is CCn1c(Cl)c(C=Nn2c(C)n[nH]c2=S)c2ccccc21. The second-order valence-corrected chi connectivity index (χ2v) is 5.34. The monoisotopic (exact) mass is 319 g/mol. The van der Waals surface area contributed by atoms with E-state index in [9.17, 15) is 0 Å². The summed E-state index contributed by atoms with van der Waals surface area (Å²) >= 11 is 11.6. The number of nitrogens with zero attached hydrogens (tertiary/aromatic N) is 4. The number of hydrogen-bond acceptors (Lipinski definition) is 3. The number of halogens is 1. The topological polar surface area (TPSA) is 50.9 Å². The van der Waals surface area contributed by atoms with E-state index >= 15 is 0 Å². The van der Waals surface area contributed by atoms with Crippen LogP contribution in [-0.4, -0.2) is 25.7 Å². The molecular formula is C14H14ClN5S. The van der Waals surface area contributed by atoms with Gasteiger partial charge in [0, 0.05) is 23.0 Å². The van der Waals surface area contributed by atoms with Crippen LogP contribution in [0.15, 0.2) is 29.4 Å². The van der Waals surface area contributed by atoms with Gasteiger partial charge in [-0.25, -0.2) is 0 Å². The molecule has 0 amide bonds. The normalized spacial score (nSPS) is 11.8. The number of aromatic amines is 1. The van der Waals surface area contributed by atoms with Crippen LogP contribution in [0.4, 0.5) is 0 Å². The van der Waals surface area contributed by atoms with Crippen molar-refractivity contribution >= 4 is 40.9 Å². The minimum absolute atomic E-state index is 0.458. The molecule has 3 rings (SSSR count). The molecule has 2 heterocycles. The van der Waals surface area contributed by atoms with E-state index in [0.717, 1.165) is 23.0 Å². The fourth-order valence-corrected chi connectivity index (χ4v) is 2.94. The molecule has 0 bridgehead atoms. The van der Waals surface area contributed by atoms with E-state index in [1.807, 2.05) is 25.1 Å². The molecule has 3 aromatic rings. The van der Waals surface area contributed by atoms with Gasteiger partial charge in [0.2, 0.25) is 4.77 Å². The molecule has 0 saturated carbocycles. The summed E-state index contributed by atoms with van der Waals surface area (Å²) in [6, 6.07) is 8.08. The van der Waals surface area contributed by atoms with Gasteiger partial charge < -0.3 is 4.57 Å². The summed E-state index contributed by atoms with van der Waals surface area (Å²) in [5.41, 5.74) is 1.98. The Hall–Kier alpha value is -1.92. The van der Waals surface area contributed by atoms with Crippen LogP contribution >= 0.6 is 23.8 Å². The first-order valence-corrected chi connectivity index (χ1v) is 7.37. The van der Waals surface area contributed by atoms with Gasteiger partial charge in [-0.15, -0.1) is 0 Å². The summed E-state index contributed by atoms with van der Waals surface area (Å²) < 4.78 is 4.09. The van der Waals surface area contributed by atoms with Crippen LogP contribution in [-0.2, 0) is 6.54 Å². The van der Waals surface area contributed by atoms with Gasteiger partial charge in [-0.3, -0.25) is 5.10 Å². The van der Waals surface area contributed by atoms with Crippen molar-refractivity contribution in [1.82, 2.24) is 19.4 Å². The predicted molar refractivity (Wildman–Crippen MR) is 87.8 cm³/mol. The van der Waals surface area contributed by atoms with Crippen LogP contribution < -0.4 is 0 Å². The fourth-order valence-electron chi connectivity index (χ4n) is 2.35. The van der Waals surface area contributed by atoms with E-state index in [0.29, 0.717) is 15.7 Å². The Morgan fingerprint density at radius 1 is 1.43 bits per heavy atom. The Labute approximate surface area is 131 Å². The zero-order chi connectivity index (χ0) is 15.0. The van der Waals surface area contributed by atoms with Crippen molar-refractivity contribution in [2.45, 2.75) is 20.4 Å². The standard InChI is InChI=1S/C14H14ClN5S/c1-3-19-12-7-5-4-6-10(12)11(13(19)15)8-16-20-9(2)17-18-14(20)21/h4-8H,3H2,1-2H3,(H,18,21). The molecule has 0 atom stereocenters. The third-order valence-electron chi connectivity index (χ3n) is 3.38. The van der Waals surface area contributed by atoms with Crippen LogP contribution in [0.1, 0.15) is 18.3 Å². The minimum atomic E-state index is 0.458. The molecule has 1 N–H and O–H groups in total. The van der Waals surface area contributed by atoms with Crippen LogP contribution in [0.3, 0.4) is 0 Å². The van der Waals surface area contributed by atoms with E-state index in [-0.39, 0.29) is 0 Å². The first-order valence-electron chi connectivity index (χ1n) is 6.58. The molecule has 0 aliphatic heterocycles. The lowest BCUT2D eigenvalue weighted by Gasteiger charge is -2.01. The summed E-state index contributed by atoms with van der Waals surface area (Å²) in [5.74, 6) is 0.701. The lowest BCUT2D eigenvalue weighted by atomic mass is 10.2. The largest absolute Gasteiger partial charge is 0.331 e. The van der Waals surface area contributed by atoms with Gasteiger partial charge >= 0.3 is 0 Å². The van der Waals surface area contributed by atoms with Crippen LogP contribution in [0.5, 0.6) is 0 Å². The first-order chi connectivity index (χ1) is 10.1. The summed E-state index contributed by atoms with van der Waals surface area (Å²) in [6.45, 7) is 4.70. The van der Waals surface area contributed by atoms with Gasteiger partial charge in [0.05, 0.1) is 6.21 Å². The van der Waals surface area contributed by atoms with Crippen molar-refractivity contribution in [2.75, 3.05) is 0 Å². The van der Waals surface area contributed by atoms with Crippen molar-refractivity contribution in [3.63, 3.8) is 0 Å². The Morgan fingerprint density at radius 3 is 2.86 bits per heavy atom. The molecule has 0 aliphatic rings. The molecule has 0 aliphatic carbocycles. The van der Waals surface area contributed by atoms with Crippen molar-refractivity contribution in [2.24, 2.45) is 5.10 Å². The molecule has 0 radical (unpaired) electrons. The van der Waals surface area contributed by atoms with Crippen molar-refractivity contribution < 1.29 is 0 Å². The van der Waals surface area contributed by atoms with Gasteiger partial charge in [-0.1, -0.05) is 29.8 Å². The Kier molecular flexibility index (Phi) is 3.65. The highest BCUT2D eigenvalue weighted by Gasteiger charge is 2.12. The fraction of sp³-hybridized carbons (Fsp3) is 0.214. The maximum atomic E-state index is 6.49. The van der Waals surface area contributed by atoms with E-state index in [1.165, 1.54) is 0 Å². The number of H-pyrrole nitrogens is 1. The molecule has 7 heteroatoms. The van der Waals surface area contributed by atoms with Gasteiger partial charge in [-0.05, 0) is 32.1 Å². The molecule has 5 nitrogen and oxygen atoms in total. The van der Waals surface area contributed by atoms with Crippen molar-refractivity contribution in [1.29, 1.82) is 0 Å². The maximum absolute atomic E-state index is 6.49. The van der Waals surface area contributed by atoms with Gasteiger partial charge in [0.1, 0.15) is 11.0 Å². The number of nitrogens with one attached hydrogen (secondary N) is 1. The molecule has 108 valence electrons. The lowest BCUT2D eigenvalue weighted by molar-refractivity contribution is 0.797. The quantitative estimate of drug-likeness (QED) is 0.590. The predicted octanol–water partition coefficient (Wildman–Crippen LogP) is 3.76. The summed E-state index contributed by atoms with van der Waals surface area (Å²) in [7, 11) is 0. The average molecular weight is 320 g/mol. The molecule has 1 aromatic carbocycles. The number of para-hydroxylation sites is 1. The first kappa shape index (κ1) is 14.0. The summed E-state index contributed by atoms with van der Waals surface area (Å²) in [4.78, 5) is 0. The highest BCUT2D eigenvalue weighted by Crippen LogP contribution is 2.28. The second kappa shape index (κ2) is 5.46. The molecule has 0 fully saturated rings. The Morgan fingerprint density at radius 2 is 2.19 bits per heavy atom. The Bertz CT molecular complexity index is 887. The average Bonchev–Trinajstić information content (AvgIpc) is 2.94. The van der Waals surface area contributed by atoms with Crippen LogP contribution in [0, 0.1) is 11.7 Å². The third-order valence-corrected chi connectivity index (χ3v) is 4.05. The van der Waals surface area contributed by atoms with Crippen LogP contribution in [0.25, 0.3) is 10.9 Å². The van der Waals surface area contributed by atoms with E-state index < -0.39 is 0 Å². The van der Waals surface area contributed by atoms with Gasteiger partial charge in [0.15, 0.2) is 0 Å². The van der Waals surface area contributed by atoms with Crippen LogP contribution in [0.2, 0.25) is 5.15 Å². The molecule has 2 aromatic heterocycles. The number of aryl methyl sites for hydroxylation is 2. The highest BCUT2D eigenvalue weighted by atomic mass is 35.5. The molecule has 21 heavy (non-hydrogen) atoms. The molecule has 0 unspecified atom stereocenters. The van der Waals surface area contributed by atoms with E-state index in [1.54, 1.807) is 10.9 Å². The third kappa shape index (κ3) is 2.30. The van der Waals surface area contributed by atoms with E-state index in [2.05, 4.69) is 32.9 Å². The number of hydrogen-bond donors (Lipinski definition) is 1. The van der Waals surface area contributed by atoms with Gasteiger partial charge in [0.25, 0.3) is 0 Å². The lowest BCUT2D eigenvalue weighted by Crippen LogP contribution is -1.95. The van der Waals surface area contributed by atoms with Crippen molar-refractivity contribution in [3.8, 4) is 0 Å². The smallest absolute Gasteiger partial charge is 0.216 e. The summed E-state index contributed by atoms with van der Waals surface area (Å²) in [6.07, 6.45) is 1.73. The molecule has 0 spiro atoms. The summed E-state index contributed by atoms with van der Waals surface area (Å²) in [5, 5.41) is 12.9.